The van der Waals surface area contributed by atoms with Crippen molar-refractivity contribution in [1.29, 1.82) is 0 Å². The molecule has 1 aliphatic rings. The second-order valence-electron chi connectivity index (χ2n) is 7.19. The van der Waals surface area contributed by atoms with E-state index in [1.165, 1.54) is 23.3 Å². The monoisotopic (exact) mass is 409 g/mol. The van der Waals surface area contributed by atoms with E-state index in [1.807, 2.05) is 0 Å². The van der Waals surface area contributed by atoms with E-state index in [4.69, 9.17) is 0 Å². The van der Waals surface area contributed by atoms with E-state index in [0.717, 1.165) is 44.8 Å². The van der Waals surface area contributed by atoms with Crippen LogP contribution in [0.3, 0.4) is 0 Å². The molecule has 0 atom stereocenters. The molecule has 0 spiro atoms. The maximum Gasteiger partial charge on any atom is 0.446 e. The van der Waals surface area contributed by atoms with Crippen molar-refractivity contribution in [2.75, 3.05) is 33.2 Å². The van der Waals surface area contributed by atoms with Gasteiger partial charge in [-0.25, -0.2) is 0 Å². The Morgan fingerprint density at radius 2 is 1.32 bits per heavy atom. The third-order valence-corrected chi connectivity index (χ3v) is 5.58. The molecule has 7 heteroatoms. The summed E-state index contributed by atoms with van der Waals surface area (Å²) in [5, 5.41) is 3.35. The highest BCUT2D eigenvalue weighted by atomic mass is 32.2. The molecule has 28 heavy (non-hydrogen) atoms. The van der Waals surface area contributed by atoms with E-state index < -0.39 is 5.51 Å². The molecule has 3 nitrogen and oxygen atoms in total. The predicted molar refractivity (Wildman–Crippen MR) is 108 cm³/mol. The van der Waals surface area contributed by atoms with Gasteiger partial charge in [-0.1, -0.05) is 36.4 Å². The smallest absolute Gasteiger partial charge is 0.309 e. The summed E-state index contributed by atoms with van der Waals surface area (Å²) in [6, 6.07) is 15.1. The molecule has 1 N–H and O–H groups in total. The summed E-state index contributed by atoms with van der Waals surface area (Å²) in [6.45, 7) is 6.81. The largest absolute Gasteiger partial charge is 0.446 e. The Labute approximate surface area is 168 Å². The lowest BCUT2D eigenvalue weighted by Gasteiger charge is -2.32. The fraction of sp³-hybridized carbons (Fsp3) is 0.429. The van der Waals surface area contributed by atoms with Gasteiger partial charge in [0.15, 0.2) is 0 Å². The van der Waals surface area contributed by atoms with Gasteiger partial charge in [0, 0.05) is 50.7 Å². The number of halogens is 3. The summed E-state index contributed by atoms with van der Waals surface area (Å²) in [5.41, 5.74) is -0.744. The molecule has 1 aliphatic heterocycles. The van der Waals surface area contributed by atoms with E-state index in [-0.39, 0.29) is 16.7 Å². The summed E-state index contributed by atoms with van der Waals surface area (Å²) >= 11 is -0.0823. The van der Waals surface area contributed by atoms with Gasteiger partial charge in [0.2, 0.25) is 0 Å². The van der Waals surface area contributed by atoms with Crippen LogP contribution >= 0.6 is 11.8 Å². The molecular weight excluding hydrogens is 383 g/mol. The summed E-state index contributed by atoms with van der Waals surface area (Å²) in [6.07, 6.45) is 0. The van der Waals surface area contributed by atoms with Gasteiger partial charge in [0.05, 0.1) is 0 Å². The topological polar surface area (TPSA) is 18.5 Å². The third-order valence-electron chi connectivity index (χ3n) is 4.84. The first-order chi connectivity index (χ1) is 13.4. The predicted octanol–water partition coefficient (Wildman–Crippen LogP) is 4.34. The quantitative estimate of drug-likeness (QED) is 0.686. The number of piperazine rings is 1. The standard InChI is InChI=1S/C21H26F3N3S/c1-26-10-12-27(13-11-26)16-19-4-2-17(3-5-19)14-25-15-18-6-8-20(9-7-18)28-21(22,23)24/h2-9,25H,10-16H2,1H3. The van der Waals surface area contributed by atoms with E-state index in [1.54, 1.807) is 12.1 Å². The SMILES string of the molecule is CN1CCN(Cc2ccc(CNCc3ccc(SC(F)(F)F)cc3)cc2)CC1. The molecule has 0 saturated carbocycles. The van der Waals surface area contributed by atoms with Gasteiger partial charge < -0.3 is 10.2 Å². The lowest BCUT2D eigenvalue weighted by atomic mass is 10.1. The molecule has 0 aliphatic carbocycles. The van der Waals surface area contributed by atoms with E-state index in [2.05, 4.69) is 46.4 Å². The first-order valence-corrected chi connectivity index (χ1v) is 10.2. The fourth-order valence-electron chi connectivity index (χ4n) is 3.19. The lowest BCUT2D eigenvalue weighted by molar-refractivity contribution is -0.0328. The second-order valence-corrected chi connectivity index (χ2v) is 8.33. The van der Waals surface area contributed by atoms with Crippen molar-refractivity contribution < 1.29 is 13.2 Å². The average Bonchev–Trinajstić information content (AvgIpc) is 2.65. The van der Waals surface area contributed by atoms with Gasteiger partial charge in [0.25, 0.3) is 0 Å². The number of thioether (sulfide) groups is 1. The first-order valence-electron chi connectivity index (χ1n) is 9.41. The van der Waals surface area contributed by atoms with Crippen LogP contribution in [0.25, 0.3) is 0 Å². The van der Waals surface area contributed by atoms with Crippen LogP contribution in [0.5, 0.6) is 0 Å². The normalized spacial score (nSPS) is 16.4. The molecule has 2 aromatic carbocycles. The van der Waals surface area contributed by atoms with E-state index in [0.29, 0.717) is 6.54 Å². The number of alkyl halides is 3. The van der Waals surface area contributed by atoms with Crippen molar-refractivity contribution in [1.82, 2.24) is 15.1 Å². The van der Waals surface area contributed by atoms with E-state index in [9.17, 15) is 13.2 Å². The van der Waals surface area contributed by atoms with Crippen LogP contribution in [-0.4, -0.2) is 48.5 Å². The van der Waals surface area contributed by atoms with Gasteiger partial charge in [-0.15, -0.1) is 0 Å². The zero-order chi connectivity index (χ0) is 20.0. The highest BCUT2D eigenvalue weighted by Gasteiger charge is 2.28. The van der Waals surface area contributed by atoms with Gasteiger partial charge in [0.1, 0.15) is 0 Å². The minimum absolute atomic E-state index is 0.0823. The van der Waals surface area contributed by atoms with Crippen LogP contribution < -0.4 is 5.32 Å². The first kappa shape index (κ1) is 21.2. The molecule has 1 saturated heterocycles. The zero-order valence-corrected chi connectivity index (χ0v) is 16.8. The van der Waals surface area contributed by atoms with Crippen molar-refractivity contribution in [2.24, 2.45) is 0 Å². The number of likely N-dealkylation sites (N-methyl/N-ethyl adjacent to an activating group) is 1. The maximum absolute atomic E-state index is 12.4. The Bertz CT molecular complexity index is 724. The molecule has 0 aromatic heterocycles. The zero-order valence-electron chi connectivity index (χ0n) is 16.0. The molecule has 152 valence electrons. The third kappa shape index (κ3) is 7.13. The fourth-order valence-corrected chi connectivity index (χ4v) is 3.73. The molecule has 0 radical (unpaired) electrons. The van der Waals surface area contributed by atoms with E-state index >= 15 is 0 Å². The minimum Gasteiger partial charge on any atom is -0.309 e. The Balaban J connectivity index is 1.41. The van der Waals surface area contributed by atoms with Gasteiger partial charge in [-0.05, 0) is 47.6 Å². The molecule has 0 unspecified atom stereocenters. The Morgan fingerprint density at radius 3 is 1.86 bits per heavy atom. The van der Waals surface area contributed by atoms with Gasteiger partial charge >= 0.3 is 5.51 Å². The number of benzene rings is 2. The lowest BCUT2D eigenvalue weighted by Crippen LogP contribution is -2.43. The van der Waals surface area contributed by atoms with Crippen molar-refractivity contribution >= 4 is 11.8 Å². The number of nitrogens with zero attached hydrogens (tertiary/aromatic N) is 2. The highest BCUT2D eigenvalue weighted by Crippen LogP contribution is 2.36. The van der Waals surface area contributed by atoms with Crippen molar-refractivity contribution in [3.05, 3.63) is 65.2 Å². The number of hydrogen-bond donors (Lipinski definition) is 1. The van der Waals surface area contributed by atoms with Crippen LogP contribution in [0.1, 0.15) is 16.7 Å². The van der Waals surface area contributed by atoms with Gasteiger partial charge in [-0.3, -0.25) is 4.90 Å². The molecule has 1 fully saturated rings. The second kappa shape index (κ2) is 9.78. The summed E-state index contributed by atoms with van der Waals surface area (Å²) < 4.78 is 37.1. The summed E-state index contributed by atoms with van der Waals surface area (Å²) in [5.74, 6) is 0. The molecular formula is C21H26F3N3S. The molecule has 3 rings (SSSR count). The van der Waals surface area contributed by atoms with Crippen LogP contribution in [0.2, 0.25) is 0 Å². The van der Waals surface area contributed by atoms with Crippen molar-refractivity contribution in [3.8, 4) is 0 Å². The van der Waals surface area contributed by atoms with Crippen molar-refractivity contribution in [3.63, 3.8) is 0 Å². The van der Waals surface area contributed by atoms with Crippen LogP contribution in [0.4, 0.5) is 13.2 Å². The average molecular weight is 410 g/mol. The number of hydrogen-bond acceptors (Lipinski definition) is 4. The molecule has 2 aromatic rings. The molecule has 0 amide bonds. The maximum atomic E-state index is 12.4. The van der Waals surface area contributed by atoms with Crippen LogP contribution in [-0.2, 0) is 19.6 Å². The minimum atomic E-state index is -4.24. The molecule has 0 bridgehead atoms. The summed E-state index contributed by atoms with van der Waals surface area (Å²) in [7, 11) is 2.16. The van der Waals surface area contributed by atoms with Crippen LogP contribution in [0, 0.1) is 0 Å². The Morgan fingerprint density at radius 1 is 0.821 bits per heavy atom. The van der Waals surface area contributed by atoms with Gasteiger partial charge in [-0.2, -0.15) is 13.2 Å². The Kier molecular flexibility index (Phi) is 7.40. The van der Waals surface area contributed by atoms with Crippen molar-refractivity contribution in [2.45, 2.75) is 30.0 Å². The number of nitrogens with one attached hydrogen (secondary N) is 1. The summed E-state index contributed by atoms with van der Waals surface area (Å²) in [4.78, 5) is 5.05. The Hall–Kier alpha value is -1.54. The molecule has 1 heterocycles. The number of rotatable bonds is 7. The highest BCUT2D eigenvalue weighted by molar-refractivity contribution is 8.00. The van der Waals surface area contributed by atoms with Crippen LogP contribution in [0.15, 0.2) is 53.4 Å².